The van der Waals surface area contributed by atoms with Crippen LogP contribution in [0.1, 0.15) is 13.8 Å². The lowest BCUT2D eigenvalue weighted by molar-refractivity contribution is -0.141. The van der Waals surface area contributed by atoms with Crippen molar-refractivity contribution in [1.82, 2.24) is 15.1 Å². The summed E-state index contributed by atoms with van der Waals surface area (Å²) >= 11 is 0. The Morgan fingerprint density at radius 1 is 1.29 bits per heavy atom. The summed E-state index contributed by atoms with van der Waals surface area (Å²) in [6.45, 7) is 3.57. The first kappa shape index (κ1) is 15.2. The number of rotatable bonds is 5. The normalized spacial score (nSPS) is 11.5. The number of urea groups is 1. The molecule has 0 aliphatic rings. The smallest absolute Gasteiger partial charge is 0.326 e. The SMILES string of the molecule is CCNC(=O)CN(C)C(=O)N(C)C(C)C(=O)O. The zero-order valence-corrected chi connectivity index (χ0v) is 10.6. The van der Waals surface area contributed by atoms with Crippen LogP contribution in [0.4, 0.5) is 4.79 Å². The van der Waals surface area contributed by atoms with Gasteiger partial charge in [-0.05, 0) is 13.8 Å². The van der Waals surface area contributed by atoms with E-state index >= 15 is 0 Å². The number of carbonyl (C=O) groups excluding carboxylic acids is 2. The fourth-order valence-corrected chi connectivity index (χ4v) is 1.14. The minimum atomic E-state index is -1.09. The first-order valence-corrected chi connectivity index (χ1v) is 5.28. The molecule has 0 saturated heterocycles. The zero-order chi connectivity index (χ0) is 13.6. The third kappa shape index (κ3) is 4.71. The molecule has 98 valence electrons. The summed E-state index contributed by atoms with van der Waals surface area (Å²) in [5.74, 6) is -1.37. The summed E-state index contributed by atoms with van der Waals surface area (Å²) < 4.78 is 0. The molecule has 0 aromatic heterocycles. The van der Waals surface area contributed by atoms with Gasteiger partial charge in [0, 0.05) is 20.6 Å². The Morgan fingerprint density at radius 3 is 2.24 bits per heavy atom. The maximum absolute atomic E-state index is 11.7. The maximum Gasteiger partial charge on any atom is 0.326 e. The quantitative estimate of drug-likeness (QED) is 0.688. The lowest BCUT2D eigenvalue weighted by atomic mass is 10.3. The molecule has 0 aliphatic heterocycles. The van der Waals surface area contributed by atoms with Gasteiger partial charge in [0.15, 0.2) is 0 Å². The second kappa shape index (κ2) is 6.72. The van der Waals surface area contributed by atoms with Crippen LogP contribution in [0.15, 0.2) is 0 Å². The van der Waals surface area contributed by atoms with Crippen molar-refractivity contribution in [3.05, 3.63) is 0 Å². The molecule has 1 atom stereocenters. The van der Waals surface area contributed by atoms with E-state index in [1.807, 2.05) is 0 Å². The largest absolute Gasteiger partial charge is 0.480 e. The Balaban J connectivity index is 4.39. The molecule has 3 amide bonds. The molecular formula is C10H19N3O4. The van der Waals surface area contributed by atoms with Crippen molar-refractivity contribution in [2.45, 2.75) is 19.9 Å². The minimum absolute atomic E-state index is 0.0939. The molecule has 17 heavy (non-hydrogen) atoms. The van der Waals surface area contributed by atoms with E-state index in [0.717, 1.165) is 4.90 Å². The Labute approximate surface area is 100 Å². The van der Waals surface area contributed by atoms with Crippen molar-refractivity contribution in [1.29, 1.82) is 0 Å². The van der Waals surface area contributed by atoms with Crippen LogP contribution >= 0.6 is 0 Å². The molecule has 1 unspecified atom stereocenters. The van der Waals surface area contributed by atoms with Crippen molar-refractivity contribution in [3.8, 4) is 0 Å². The molecule has 0 heterocycles. The number of likely N-dealkylation sites (N-methyl/N-ethyl adjacent to an activating group) is 3. The topological polar surface area (TPSA) is 90.0 Å². The van der Waals surface area contributed by atoms with E-state index in [-0.39, 0.29) is 12.5 Å². The van der Waals surface area contributed by atoms with Gasteiger partial charge in [-0.15, -0.1) is 0 Å². The second-order valence-corrected chi connectivity index (χ2v) is 3.72. The van der Waals surface area contributed by atoms with E-state index in [0.29, 0.717) is 6.54 Å². The summed E-state index contributed by atoms with van der Waals surface area (Å²) in [5.41, 5.74) is 0. The van der Waals surface area contributed by atoms with Gasteiger partial charge in [-0.2, -0.15) is 0 Å². The highest BCUT2D eigenvalue weighted by Gasteiger charge is 2.24. The van der Waals surface area contributed by atoms with Crippen molar-refractivity contribution >= 4 is 17.9 Å². The highest BCUT2D eigenvalue weighted by atomic mass is 16.4. The molecule has 7 nitrogen and oxygen atoms in total. The monoisotopic (exact) mass is 245 g/mol. The van der Waals surface area contributed by atoms with E-state index in [1.54, 1.807) is 6.92 Å². The molecular weight excluding hydrogens is 226 g/mol. The van der Waals surface area contributed by atoms with E-state index in [9.17, 15) is 14.4 Å². The molecule has 0 aromatic rings. The van der Waals surface area contributed by atoms with E-state index in [4.69, 9.17) is 5.11 Å². The van der Waals surface area contributed by atoms with Crippen LogP contribution < -0.4 is 5.32 Å². The number of carboxylic acids is 1. The van der Waals surface area contributed by atoms with Crippen molar-refractivity contribution in [3.63, 3.8) is 0 Å². The number of aliphatic carboxylic acids is 1. The zero-order valence-electron chi connectivity index (χ0n) is 10.6. The molecule has 0 saturated carbocycles. The average Bonchev–Trinajstić information content (AvgIpc) is 2.25. The summed E-state index contributed by atoms with van der Waals surface area (Å²) in [4.78, 5) is 35.9. The van der Waals surface area contributed by atoms with Gasteiger partial charge in [-0.3, -0.25) is 4.79 Å². The predicted octanol–water partition coefficient (Wildman–Crippen LogP) is -0.421. The van der Waals surface area contributed by atoms with Gasteiger partial charge in [0.25, 0.3) is 0 Å². The molecule has 0 aliphatic carbocycles. The number of hydrogen-bond acceptors (Lipinski definition) is 3. The summed E-state index contributed by atoms with van der Waals surface area (Å²) in [6, 6.07) is -1.44. The van der Waals surface area contributed by atoms with Crippen molar-refractivity contribution in [2.24, 2.45) is 0 Å². The van der Waals surface area contributed by atoms with Crippen LogP contribution in [0.5, 0.6) is 0 Å². The number of hydrogen-bond donors (Lipinski definition) is 2. The second-order valence-electron chi connectivity index (χ2n) is 3.72. The molecule has 0 spiro atoms. The van der Waals surface area contributed by atoms with Gasteiger partial charge in [-0.1, -0.05) is 0 Å². The van der Waals surface area contributed by atoms with Crippen molar-refractivity contribution in [2.75, 3.05) is 27.2 Å². The van der Waals surface area contributed by atoms with Crippen LogP contribution in [0.3, 0.4) is 0 Å². The molecule has 0 bridgehead atoms. The molecule has 7 heteroatoms. The fourth-order valence-electron chi connectivity index (χ4n) is 1.14. The number of carboxylic acid groups (broad SMARTS) is 1. The molecule has 0 rings (SSSR count). The Hall–Kier alpha value is -1.79. The van der Waals surface area contributed by atoms with E-state index in [1.165, 1.54) is 25.9 Å². The standard InChI is InChI=1S/C10H19N3O4/c1-5-11-8(14)6-12(3)10(17)13(4)7(2)9(15)16/h7H,5-6H2,1-4H3,(H,11,14)(H,15,16). The molecule has 0 radical (unpaired) electrons. The summed E-state index contributed by atoms with van der Waals surface area (Å²) in [6.07, 6.45) is 0. The first-order valence-electron chi connectivity index (χ1n) is 5.28. The lowest BCUT2D eigenvalue weighted by Crippen LogP contribution is -2.48. The number of nitrogens with one attached hydrogen (secondary N) is 1. The summed E-state index contributed by atoms with van der Waals surface area (Å²) in [5, 5.41) is 11.3. The fraction of sp³-hybridized carbons (Fsp3) is 0.700. The van der Waals surface area contributed by atoms with Crippen LogP contribution in [-0.4, -0.2) is 66.0 Å². The van der Waals surface area contributed by atoms with Gasteiger partial charge in [-0.25, -0.2) is 9.59 Å². The first-order chi connectivity index (χ1) is 7.81. The minimum Gasteiger partial charge on any atom is -0.480 e. The Kier molecular flexibility index (Phi) is 6.01. The van der Waals surface area contributed by atoms with Gasteiger partial charge in [0.05, 0.1) is 0 Å². The average molecular weight is 245 g/mol. The van der Waals surface area contributed by atoms with Gasteiger partial charge >= 0.3 is 12.0 Å². The van der Waals surface area contributed by atoms with Crippen LogP contribution in [0.25, 0.3) is 0 Å². The van der Waals surface area contributed by atoms with Crippen LogP contribution in [-0.2, 0) is 9.59 Å². The Bertz CT molecular complexity index is 306. The third-order valence-corrected chi connectivity index (χ3v) is 2.32. The van der Waals surface area contributed by atoms with Crippen LogP contribution in [0, 0.1) is 0 Å². The highest BCUT2D eigenvalue weighted by Crippen LogP contribution is 2.00. The van der Waals surface area contributed by atoms with Gasteiger partial charge in [0.2, 0.25) is 5.91 Å². The molecule has 0 aromatic carbocycles. The lowest BCUT2D eigenvalue weighted by Gasteiger charge is -2.27. The number of carbonyl (C=O) groups is 3. The Morgan fingerprint density at radius 2 is 1.82 bits per heavy atom. The summed E-state index contributed by atoms with van der Waals surface area (Å²) in [7, 11) is 2.83. The van der Waals surface area contributed by atoms with Gasteiger partial charge in [0.1, 0.15) is 12.6 Å². The number of amides is 3. The number of nitrogens with zero attached hydrogens (tertiary/aromatic N) is 2. The predicted molar refractivity (Wildman–Crippen MR) is 61.6 cm³/mol. The molecule has 2 N–H and O–H groups in total. The maximum atomic E-state index is 11.7. The van der Waals surface area contributed by atoms with Gasteiger partial charge < -0.3 is 20.2 Å². The van der Waals surface area contributed by atoms with E-state index in [2.05, 4.69) is 5.32 Å². The third-order valence-electron chi connectivity index (χ3n) is 2.32. The molecule has 0 fully saturated rings. The van der Waals surface area contributed by atoms with Crippen LogP contribution in [0.2, 0.25) is 0 Å². The van der Waals surface area contributed by atoms with E-state index < -0.39 is 18.0 Å². The van der Waals surface area contributed by atoms with Crippen molar-refractivity contribution < 1.29 is 19.5 Å². The highest BCUT2D eigenvalue weighted by molar-refractivity contribution is 5.86.